The highest BCUT2D eigenvalue weighted by Gasteiger charge is 2.06. The molecular weight excluding hydrogens is 234 g/mol. The molecule has 1 rings (SSSR count). The van der Waals surface area contributed by atoms with Gasteiger partial charge in [0.15, 0.2) is 5.82 Å². The first kappa shape index (κ1) is 14.3. The molecule has 1 heterocycles. The van der Waals surface area contributed by atoms with Gasteiger partial charge in [-0.1, -0.05) is 13.3 Å². The number of amides is 1. The summed E-state index contributed by atoms with van der Waals surface area (Å²) in [5.41, 5.74) is 2.59. The first-order chi connectivity index (χ1) is 8.77. The molecule has 100 valence electrons. The fraction of sp³-hybridized carbons (Fsp3) is 0.545. The smallest absolute Gasteiger partial charge is 0.271 e. The highest BCUT2D eigenvalue weighted by molar-refractivity contribution is 5.91. The van der Waals surface area contributed by atoms with Gasteiger partial charge in [-0.15, -0.1) is 0 Å². The number of hydrazine groups is 1. The van der Waals surface area contributed by atoms with Gasteiger partial charge in [0.25, 0.3) is 5.91 Å². The van der Waals surface area contributed by atoms with E-state index >= 15 is 0 Å². The quantitative estimate of drug-likeness (QED) is 0.350. The number of hydrogen-bond acceptors (Lipinski definition) is 6. The number of ether oxygens (including phenoxy) is 1. The lowest BCUT2D eigenvalue weighted by Gasteiger charge is -2.05. The molecular formula is C11H19N5O2. The van der Waals surface area contributed by atoms with E-state index in [4.69, 9.17) is 10.6 Å². The summed E-state index contributed by atoms with van der Waals surface area (Å²) in [6.45, 7) is 3.79. The predicted octanol–water partition coefficient (Wildman–Crippen LogP) is 0.309. The van der Waals surface area contributed by atoms with Gasteiger partial charge < -0.3 is 15.5 Å². The van der Waals surface area contributed by atoms with Crippen LogP contribution >= 0.6 is 0 Å². The predicted molar refractivity (Wildman–Crippen MR) is 67.9 cm³/mol. The molecule has 0 aliphatic heterocycles. The maximum Gasteiger partial charge on any atom is 0.271 e. The summed E-state index contributed by atoms with van der Waals surface area (Å²) >= 11 is 0. The molecule has 7 heteroatoms. The number of anilines is 1. The number of carbonyl (C=O) groups excluding carboxylic acids is 1. The minimum absolute atomic E-state index is 0.252. The molecule has 1 aromatic heterocycles. The van der Waals surface area contributed by atoms with Gasteiger partial charge in [-0.05, 0) is 6.42 Å². The second-order valence-electron chi connectivity index (χ2n) is 3.65. The number of carbonyl (C=O) groups is 1. The Bertz CT molecular complexity index is 355. The number of hydrogen-bond donors (Lipinski definition) is 3. The van der Waals surface area contributed by atoms with Crippen LogP contribution in [0.2, 0.25) is 0 Å². The Balaban J connectivity index is 2.23. The van der Waals surface area contributed by atoms with E-state index in [9.17, 15) is 4.79 Å². The van der Waals surface area contributed by atoms with Crippen LogP contribution in [-0.2, 0) is 4.74 Å². The van der Waals surface area contributed by atoms with E-state index in [2.05, 4.69) is 27.6 Å². The summed E-state index contributed by atoms with van der Waals surface area (Å²) in [7, 11) is 0. The molecule has 0 aliphatic rings. The van der Waals surface area contributed by atoms with Crippen molar-refractivity contribution in [1.82, 2.24) is 15.3 Å². The summed E-state index contributed by atoms with van der Waals surface area (Å²) in [4.78, 5) is 19.4. The molecule has 0 spiro atoms. The zero-order valence-electron chi connectivity index (χ0n) is 10.5. The molecule has 0 aromatic carbocycles. The van der Waals surface area contributed by atoms with Crippen molar-refractivity contribution >= 4 is 11.7 Å². The van der Waals surface area contributed by atoms with Crippen LogP contribution in [0.3, 0.4) is 0 Å². The normalized spacial score (nSPS) is 10.1. The van der Waals surface area contributed by atoms with Gasteiger partial charge in [0, 0.05) is 13.2 Å². The molecule has 0 fully saturated rings. The first-order valence-electron chi connectivity index (χ1n) is 5.92. The van der Waals surface area contributed by atoms with Crippen LogP contribution in [0.4, 0.5) is 5.82 Å². The molecule has 18 heavy (non-hydrogen) atoms. The molecule has 0 atom stereocenters. The number of nitrogens with zero attached hydrogens (tertiary/aromatic N) is 2. The van der Waals surface area contributed by atoms with Gasteiger partial charge in [0.1, 0.15) is 5.69 Å². The molecule has 7 nitrogen and oxygen atoms in total. The van der Waals surface area contributed by atoms with Crippen molar-refractivity contribution < 1.29 is 9.53 Å². The lowest BCUT2D eigenvalue weighted by molar-refractivity contribution is 0.0907. The highest BCUT2D eigenvalue weighted by atomic mass is 16.5. The molecule has 1 aromatic rings. The van der Waals surface area contributed by atoms with Crippen molar-refractivity contribution in [2.24, 2.45) is 5.84 Å². The Labute approximate surface area is 106 Å². The summed E-state index contributed by atoms with van der Waals surface area (Å²) in [5.74, 6) is 5.28. The molecule has 0 aliphatic carbocycles. The lowest BCUT2D eigenvalue weighted by atomic mass is 10.4. The van der Waals surface area contributed by atoms with Crippen LogP contribution < -0.4 is 16.6 Å². The zero-order valence-corrected chi connectivity index (χ0v) is 10.5. The number of nitrogen functional groups attached to an aromatic ring is 1. The fourth-order valence-electron chi connectivity index (χ4n) is 1.20. The number of unbranched alkanes of at least 4 members (excludes halogenated alkanes) is 1. The minimum atomic E-state index is -0.273. The van der Waals surface area contributed by atoms with E-state index in [-0.39, 0.29) is 11.6 Å². The molecule has 4 N–H and O–H groups in total. The highest BCUT2D eigenvalue weighted by Crippen LogP contribution is 1.98. The van der Waals surface area contributed by atoms with Crippen molar-refractivity contribution in [2.75, 3.05) is 25.2 Å². The van der Waals surface area contributed by atoms with Crippen LogP contribution in [-0.4, -0.2) is 35.6 Å². The number of nitrogens with one attached hydrogen (secondary N) is 2. The number of rotatable bonds is 8. The standard InChI is InChI=1S/C11H19N5O2/c1-2-3-5-18-6-4-13-11(17)9-7-15-10(16-12)8-14-9/h7-8H,2-6,12H2,1H3,(H,13,17)(H,15,16). The van der Waals surface area contributed by atoms with Gasteiger partial charge in [0.05, 0.1) is 19.0 Å². The van der Waals surface area contributed by atoms with Crippen molar-refractivity contribution in [3.63, 3.8) is 0 Å². The maximum absolute atomic E-state index is 11.6. The Kier molecular flexibility index (Phi) is 6.67. The van der Waals surface area contributed by atoms with E-state index < -0.39 is 0 Å². The molecule has 0 unspecified atom stereocenters. The summed E-state index contributed by atoms with van der Waals surface area (Å²) in [6, 6.07) is 0. The summed E-state index contributed by atoms with van der Waals surface area (Å²) in [6.07, 6.45) is 4.89. The van der Waals surface area contributed by atoms with Gasteiger partial charge in [-0.2, -0.15) is 0 Å². The van der Waals surface area contributed by atoms with Gasteiger partial charge >= 0.3 is 0 Å². The third-order valence-electron chi connectivity index (χ3n) is 2.21. The monoisotopic (exact) mass is 253 g/mol. The average molecular weight is 253 g/mol. The van der Waals surface area contributed by atoms with Crippen LogP contribution in [0, 0.1) is 0 Å². The average Bonchev–Trinajstić information content (AvgIpc) is 2.42. The topological polar surface area (TPSA) is 102 Å². The number of nitrogens with two attached hydrogens (primary N) is 1. The third-order valence-corrected chi connectivity index (χ3v) is 2.21. The Hall–Kier alpha value is -1.73. The molecule has 0 bridgehead atoms. The van der Waals surface area contributed by atoms with Crippen LogP contribution in [0.25, 0.3) is 0 Å². The molecule has 0 radical (unpaired) electrons. The van der Waals surface area contributed by atoms with E-state index in [1.807, 2.05) is 0 Å². The van der Waals surface area contributed by atoms with E-state index in [0.717, 1.165) is 19.4 Å². The van der Waals surface area contributed by atoms with Crippen LogP contribution in [0.5, 0.6) is 0 Å². The summed E-state index contributed by atoms with van der Waals surface area (Å²) in [5, 5.41) is 2.70. The largest absolute Gasteiger partial charge is 0.380 e. The number of aromatic nitrogens is 2. The Morgan fingerprint density at radius 3 is 2.83 bits per heavy atom. The van der Waals surface area contributed by atoms with E-state index in [0.29, 0.717) is 19.0 Å². The van der Waals surface area contributed by atoms with Gasteiger partial charge in [-0.25, -0.2) is 15.8 Å². The van der Waals surface area contributed by atoms with E-state index in [1.165, 1.54) is 12.4 Å². The molecule has 1 amide bonds. The lowest BCUT2D eigenvalue weighted by Crippen LogP contribution is -2.28. The Morgan fingerprint density at radius 1 is 1.39 bits per heavy atom. The SMILES string of the molecule is CCCCOCCNC(=O)c1cnc(NN)cn1. The minimum Gasteiger partial charge on any atom is -0.380 e. The van der Waals surface area contributed by atoms with Crippen LogP contribution in [0.15, 0.2) is 12.4 Å². The summed E-state index contributed by atoms with van der Waals surface area (Å²) < 4.78 is 5.32. The van der Waals surface area contributed by atoms with Gasteiger partial charge in [-0.3, -0.25) is 4.79 Å². The van der Waals surface area contributed by atoms with Crippen LogP contribution in [0.1, 0.15) is 30.3 Å². The van der Waals surface area contributed by atoms with E-state index in [1.54, 1.807) is 0 Å². The van der Waals surface area contributed by atoms with Crippen molar-refractivity contribution in [3.8, 4) is 0 Å². The first-order valence-corrected chi connectivity index (χ1v) is 5.92. The van der Waals surface area contributed by atoms with Crippen molar-refractivity contribution in [2.45, 2.75) is 19.8 Å². The Morgan fingerprint density at radius 2 is 2.22 bits per heavy atom. The fourth-order valence-corrected chi connectivity index (χ4v) is 1.20. The maximum atomic E-state index is 11.6. The second kappa shape index (κ2) is 8.37. The van der Waals surface area contributed by atoms with Crippen molar-refractivity contribution in [1.29, 1.82) is 0 Å². The third kappa shape index (κ3) is 5.07. The zero-order chi connectivity index (χ0) is 13.2. The molecule has 0 saturated carbocycles. The second-order valence-corrected chi connectivity index (χ2v) is 3.65. The molecule has 0 saturated heterocycles. The van der Waals surface area contributed by atoms with Crippen molar-refractivity contribution in [3.05, 3.63) is 18.1 Å². The van der Waals surface area contributed by atoms with Gasteiger partial charge in [0.2, 0.25) is 0 Å².